The van der Waals surface area contributed by atoms with Crippen LogP contribution in [-0.4, -0.2) is 20.7 Å². The summed E-state index contributed by atoms with van der Waals surface area (Å²) in [4.78, 5) is 3.85. The molecule has 0 spiro atoms. The normalized spacial score (nSPS) is 30.7. The van der Waals surface area contributed by atoms with Gasteiger partial charge in [0.2, 0.25) is 0 Å². The minimum atomic E-state index is 0.640. The second-order valence-corrected chi connectivity index (χ2v) is 6.14. The molecule has 3 rings (SSSR count). The third-order valence-corrected chi connectivity index (χ3v) is 5.29. The first-order chi connectivity index (χ1) is 5.93. The summed E-state index contributed by atoms with van der Waals surface area (Å²) in [6, 6.07) is 0. The van der Waals surface area contributed by atoms with Gasteiger partial charge >= 0.3 is 82.6 Å². The van der Waals surface area contributed by atoms with Crippen LogP contribution in [0.2, 0.25) is 0 Å². The molecule has 0 amide bonds. The SMILES string of the molecule is C1=CC2C=C3SCC=C3C=C2[Se]1. The van der Waals surface area contributed by atoms with Gasteiger partial charge in [-0.2, -0.15) is 0 Å². The van der Waals surface area contributed by atoms with Crippen LogP contribution in [0.1, 0.15) is 0 Å². The van der Waals surface area contributed by atoms with Crippen molar-refractivity contribution in [1.82, 2.24) is 0 Å². The van der Waals surface area contributed by atoms with Crippen molar-refractivity contribution in [2.24, 2.45) is 5.92 Å². The molecule has 0 bridgehead atoms. The summed E-state index contributed by atoms with van der Waals surface area (Å²) in [5.74, 6) is 1.83. The summed E-state index contributed by atoms with van der Waals surface area (Å²) in [6.45, 7) is 0. The Morgan fingerprint density at radius 2 is 2.50 bits per heavy atom. The van der Waals surface area contributed by atoms with Crippen molar-refractivity contribution in [2.45, 2.75) is 0 Å². The molecule has 1 atom stereocenters. The number of hydrogen-bond donors (Lipinski definition) is 0. The second-order valence-electron chi connectivity index (χ2n) is 3.02. The van der Waals surface area contributed by atoms with E-state index in [0.29, 0.717) is 20.9 Å². The van der Waals surface area contributed by atoms with Gasteiger partial charge < -0.3 is 0 Å². The van der Waals surface area contributed by atoms with Gasteiger partial charge in [0, 0.05) is 0 Å². The van der Waals surface area contributed by atoms with Gasteiger partial charge in [-0.05, 0) is 0 Å². The van der Waals surface area contributed by atoms with Crippen LogP contribution in [0, 0.1) is 5.92 Å². The summed E-state index contributed by atoms with van der Waals surface area (Å²) in [5, 5.41) is 0. The van der Waals surface area contributed by atoms with Crippen molar-refractivity contribution < 1.29 is 0 Å². The Morgan fingerprint density at radius 3 is 3.50 bits per heavy atom. The molecule has 0 saturated heterocycles. The molecule has 0 aromatic carbocycles. The van der Waals surface area contributed by atoms with Crippen molar-refractivity contribution in [1.29, 1.82) is 0 Å². The van der Waals surface area contributed by atoms with Crippen LogP contribution >= 0.6 is 11.8 Å². The zero-order chi connectivity index (χ0) is 7.97. The molecule has 12 heavy (non-hydrogen) atoms. The van der Waals surface area contributed by atoms with E-state index in [0.717, 1.165) is 0 Å². The quantitative estimate of drug-likeness (QED) is 0.584. The van der Waals surface area contributed by atoms with E-state index in [2.05, 4.69) is 29.3 Å². The Morgan fingerprint density at radius 1 is 1.50 bits per heavy atom. The van der Waals surface area contributed by atoms with Crippen LogP contribution in [0.5, 0.6) is 0 Å². The summed E-state index contributed by atoms with van der Waals surface area (Å²) < 4.78 is 1.64. The first-order valence-corrected chi connectivity index (χ1v) is 6.87. The van der Waals surface area contributed by atoms with E-state index >= 15 is 0 Å². The first kappa shape index (κ1) is 7.25. The first-order valence-electron chi connectivity index (χ1n) is 4.03. The number of fused-ring (bicyclic) bond motifs is 2. The topological polar surface area (TPSA) is 0 Å². The fraction of sp³-hybridized carbons (Fsp3) is 0.200. The molecule has 0 aromatic heterocycles. The van der Waals surface area contributed by atoms with Crippen molar-refractivity contribution in [3.63, 3.8) is 0 Å². The molecule has 1 aliphatic carbocycles. The third-order valence-electron chi connectivity index (χ3n) is 2.27. The van der Waals surface area contributed by atoms with Crippen LogP contribution in [0.4, 0.5) is 0 Å². The van der Waals surface area contributed by atoms with Gasteiger partial charge in [0.15, 0.2) is 0 Å². The van der Waals surface area contributed by atoms with Gasteiger partial charge in [-0.15, -0.1) is 0 Å². The number of thioether (sulfide) groups is 1. The van der Waals surface area contributed by atoms with E-state index in [9.17, 15) is 0 Å². The van der Waals surface area contributed by atoms with Crippen molar-refractivity contribution in [2.75, 3.05) is 5.75 Å². The molecule has 60 valence electrons. The van der Waals surface area contributed by atoms with Gasteiger partial charge in [-0.25, -0.2) is 0 Å². The van der Waals surface area contributed by atoms with Gasteiger partial charge in [0.25, 0.3) is 0 Å². The molecule has 0 saturated carbocycles. The Bertz CT molecular complexity index is 347. The molecule has 0 N–H and O–H groups in total. The zero-order valence-electron chi connectivity index (χ0n) is 6.49. The van der Waals surface area contributed by atoms with Crippen molar-refractivity contribution in [3.8, 4) is 0 Å². The Hall–Kier alpha value is -0.171. The summed E-state index contributed by atoms with van der Waals surface area (Å²) in [6.07, 6.45) is 9.51. The number of allylic oxidation sites excluding steroid dienone is 5. The Kier molecular flexibility index (Phi) is 1.61. The molecule has 2 heterocycles. The predicted octanol–water partition coefficient (Wildman–Crippen LogP) is 2.29. The molecular formula is C10H8SSe. The molecule has 3 aliphatic rings. The average Bonchev–Trinajstić information content (AvgIpc) is 2.64. The summed E-state index contributed by atoms with van der Waals surface area (Å²) in [7, 11) is 0. The number of hydrogen-bond acceptors (Lipinski definition) is 1. The Balaban J connectivity index is 2.08. The van der Waals surface area contributed by atoms with Gasteiger partial charge in [-0.3, -0.25) is 0 Å². The van der Waals surface area contributed by atoms with Crippen LogP contribution < -0.4 is 0 Å². The fourth-order valence-corrected chi connectivity index (χ4v) is 4.53. The third kappa shape index (κ3) is 0.989. The molecule has 2 heteroatoms. The van der Waals surface area contributed by atoms with Gasteiger partial charge in [-0.1, -0.05) is 0 Å². The second kappa shape index (κ2) is 2.66. The average molecular weight is 239 g/mol. The summed E-state index contributed by atoms with van der Waals surface area (Å²) >= 11 is 2.61. The van der Waals surface area contributed by atoms with Crippen molar-refractivity contribution >= 4 is 26.7 Å². The standard InChI is InChI=1S/C10H8SSe/c1-3-11-9-5-8-2-4-12-10(8)6-7(1)9/h1-2,4-6,8H,3H2. The predicted molar refractivity (Wildman–Crippen MR) is 55.1 cm³/mol. The van der Waals surface area contributed by atoms with Crippen LogP contribution in [-0.2, 0) is 0 Å². The maximum absolute atomic E-state index is 2.42. The molecule has 1 unspecified atom stereocenters. The monoisotopic (exact) mass is 240 g/mol. The van der Waals surface area contributed by atoms with E-state index in [4.69, 9.17) is 0 Å². The molecule has 0 fully saturated rings. The van der Waals surface area contributed by atoms with E-state index in [1.54, 1.807) is 4.47 Å². The molecule has 0 nitrogen and oxygen atoms in total. The maximum atomic E-state index is 2.42. The van der Waals surface area contributed by atoms with Crippen LogP contribution in [0.3, 0.4) is 0 Å². The fourth-order valence-electron chi connectivity index (χ4n) is 1.64. The van der Waals surface area contributed by atoms with E-state index < -0.39 is 0 Å². The molecule has 0 radical (unpaired) electrons. The van der Waals surface area contributed by atoms with Crippen LogP contribution in [0.15, 0.2) is 44.2 Å². The molecular weight excluding hydrogens is 231 g/mol. The van der Waals surface area contributed by atoms with E-state index in [1.807, 2.05) is 11.8 Å². The molecule has 0 aromatic rings. The van der Waals surface area contributed by atoms with E-state index in [-0.39, 0.29) is 0 Å². The summed E-state index contributed by atoms with van der Waals surface area (Å²) in [5.41, 5.74) is 1.48. The number of rotatable bonds is 0. The van der Waals surface area contributed by atoms with Gasteiger partial charge in [0.05, 0.1) is 0 Å². The van der Waals surface area contributed by atoms with Crippen molar-refractivity contribution in [3.05, 3.63) is 44.2 Å². The van der Waals surface area contributed by atoms with Gasteiger partial charge in [0.1, 0.15) is 0 Å². The van der Waals surface area contributed by atoms with E-state index in [1.165, 1.54) is 16.2 Å². The Labute approximate surface area is 82.7 Å². The zero-order valence-corrected chi connectivity index (χ0v) is 9.02. The minimum absolute atomic E-state index is 0.640. The van der Waals surface area contributed by atoms with Crippen LogP contribution in [0.25, 0.3) is 0 Å². The molecule has 2 aliphatic heterocycles.